The average molecular weight is 291 g/mol. The van der Waals surface area contributed by atoms with E-state index in [2.05, 4.69) is 5.32 Å². The zero-order chi connectivity index (χ0) is 13.9. The van der Waals surface area contributed by atoms with Gasteiger partial charge in [-0.15, -0.1) is 12.4 Å². The lowest BCUT2D eigenvalue weighted by molar-refractivity contribution is -0.119. The van der Waals surface area contributed by atoms with Crippen LogP contribution in [0, 0.1) is 11.2 Å². The van der Waals surface area contributed by atoms with E-state index in [1.807, 2.05) is 20.8 Å². The molecule has 1 aromatic rings. The van der Waals surface area contributed by atoms with Crippen LogP contribution in [0.4, 0.5) is 10.1 Å². The SMILES string of the molecule is COc1ccc(F)c(NC(=O)[C@@H](N)C(C)(C)C)c1.Cl. The number of methoxy groups -OCH3 is 1. The molecular formula is C13H20ClFN2O2. The second kappa shape index (κ2) is 6.73. The zero-order valence-electron chi connectivity index (χ0n) is 11.5. The third-order valence-corrected chi connectivity index (χ3v) is 2.65. The number of amides is 1. The Morgan fingerprint density at radius 3 is 2.47 bits per heavy atom. The minimum absolute atomic E-state index is 0. The first-order valence-corrected chi connectivity index (χ1v) is 5.65. The fourth-order valence-electron chi connectivity index (χ4n) is 1.33. The molecule has 0 unspecified atom stereocenters. The maximum absolute atomic E-state index is 13.5. The number of hydrogen-bond acceptors (Lipinski definition) is 3. The molecule has 6 heteroatoms. The molecule has 0 aliphatic carbocycles. The number of nitrogens with two attached hydrogens (primary N) is 1. The lowest BCUT2D eigenvalue weighted by atomic mass is 9.87. The zero-order valence-corrected chi connectivity index (χ0v) is 12.3. The van der Waals surface area contributed by atoms with E-state index in [1.165, 1.54) is 25.3 Å². The first-order valence-electron chi connectivity index (χ1n) is 5.65. The van der Waals surface area contributed by atoms with Gasteiger partial charge in [0.1, 0.15) is 11.6 Å². The van der Waals surface area contributed by atoms with Crippen molar-refractivity contribution in [2.24, 2.45) is 11.1 Å². The average Bonchev–Trinajstić information content (AvgIpc) is 2.29. The molecule has 0 spiro atoms. The normalized spacial score (nSPS) is 12.3. The number of hydrogen-bond donors (Lipinski definition) is 2. The summed E-state index contributed by atoms with van der Waals surface area (Å²) in [6, 6.07) is 3.41. The first kappa shape index (κ1) is 17.7. The molecule has 3 N–H and O–H groups in total. The molecule has 0 saturated carbocycles. The molecule has 1 amide bonds. The number of anilines is 1. The van der Waals surface area contributed by atoms with Crippen LogP contribution in [0.5, 0.6) is 5.75 Å². The van der Waals surface area contributed by atoms with Gasteiger partial charge in [-0.3, -0.25) is 4.79 Å². The highest BCUT2D eigenvalue weighted by molar-refractivity contribution is 5.95. The van der Waals surface area contributed by atoms with Crippen molar-refractivity contribution in [3.63, 3.8) is 0 Å². The van der Waals surface area contributed by atoms with Gasteiger partial charge in [0, 0.05) is 6.07 Å². The van der Waals surface area contributed by atoms with E-state index in [1.54, 1.807) is 0 Å². The summed E-state index contributed by atoms with van der Waals surface area (Å²) >= 11 is 0. The maximum Gasteiger partial charge on any atom is 0.241 e. The van der Waals surface area contributed by atoms with E-state index in [-0.39, 0.29) is 23.5 Å². The summed E-state index contributed by atoms with van der Waals surface area (Å²) in [4.78, 5) is 11.9. The Kier molecular flexibility index (Phi) is 6.25. The molecule has 19 heavy (non-hydrogen) atoms. The second-order valence-corrected chi connectivity index (χ2v) is 5.18. The molecule has 0 fully saturated rings. The van der Waals surface area contributed by atoms with Crippen molar-refractivity contribution >= 4 is 24.0 Å². The summed E-state index contributed by atoms with van der Waals surface area (Å²) < 4.78 is 18.5. The van der Waals surface area contributed by atoms with Crippen molar-refractivity contribution < 1.29 is 13.9 Å². The van der Waals surface area contributed by atoms with E-state index < -0.39 is 17.8 Å². The number of carbonyl (C=O) groups excluding carboxylic acids is 1. The molecule has 0 heterocycles. The lowest BCUT2D eigenvalue weighted by Gasteiger charge is -2.25. The van der Waals surface area contributed by atoms with Gasteiger partial charge in [-0.05, 0) is 17.5 Å². The van der Waals surface area contributed by atoms with Crippen LogP contribution in [0.15, 0.2) is 18.2 Å². The topological polar surface area (TPSA) is 64.3 Å². The number of benzene rings is 1. The van der Waals surface area contributed by atoms with Crippen LogP contribution in [0.2, 0.25) is 0 Å². The Labute approximate surface area is 118 Å². The van der Waals surface area contributed by atoms with Crippen LogP contribution in [0.25, 0.3) is 0 Å². The van der Waals surface area contributed by atoms with Crippen LogP contribution >= 0.6 is 12.4 Å². The van der Waals surface area contributed by atoms with Gasteiger partial charge in [-0.25, -0.2) is 4.39 Å². The van der Waals surface area contributed by atoms with E-state index in [0.29, 0.717) is 5.75 Å². The second-order valence-electron chi connectivity index (χ2n) is 5.18. The highest BCUT2D eigenvalue weighted by Crippen LogP contribution is 2.23. The molecule has 1 atom stereocenters. The summed E-state index contributed by atoms with van der Waals surface area (Å²) in [6.07, 6.45) is 0. The molecule has 0 bridgehead atoms. The standard InChI is InChI=1S/C13H19FN2O2.ClH/c1-13(2,3)11(15)12(17)16-10-7-8(18-4)5-6-9(10)14;/h5-7,11H,15H2,1-4H3,(H,16,17);1H/t11-;/m1./s1. The summed E-state index contributed by atoms with van der Waals surface area (Å²) in [5.41, 5.74) is 5.48. The monoisotopic (exact) mass is 290 g/mol. The van der Waals surface area contributed by atoms with Crippen molar-refractivity contribution in [1.82, 2.24) is 0 Å². The number of ether oxygens (including phenoxy) is 1. The Morgan fingerprint density at radius 1 is 1.42 bits per heavy atom. The van der Waals surface area contributed by atoms with E-state index >= 15 is 0 Å². The Morgan fingerprint density at radius 2 is 2.00 bits per heavy atom. The van der Waals surface area contributed by atoms with Gasteiger partial charge in [0.2, 0.25) is 5.91 Å². The predicted octanol–water partition coefficient (Wildman–Crippen LogP) is 2.57. The van der Waals surface area contributed by atoms with Crippen molar-refractivity contribution in [2.45, 2.75) is 26.8 Å². The van der Waals surface area contributed by atoms with Gasteiger partial charge in [-0.1, -0.05) is 20.8 Å². The maximum atomic E-state index is 13.5. The summed E-state index contributed by atoms with van der Waals surface area (Å²) in [6.45, 7) is 5.54. The van der Waals surface area contributed by atoms with Gasteiger partial charge < -0.3 is 15.8 Å². The van der Waals surface area contributed by atoms with E-state index in [9.17, 15) is 9.18 Å². The molecule has 0 aromatic heterocycles. The molecule has 108 valence electrons. The lowest BCUT2D eigenvalue weighted by Crippen LogP contribution is -2.45. The van der Waals surface area contributed by atoms with E-state index in [0.717, 1.165) is 0 Å². The number of halogens is 2. The van der Waals surface area contributed by atoms with Gasteiger partial charge in [0.25, 0.3) is 0 Å². The van der Waals surface area contributed by atoms with Gasteiger partial charge >= 0.3 is 0 Å². The minimum Gasteiger partial charge on any atom is -0.497 e. The fraction of sp³-hybridized carbons (Fsp3) is 0.462. The van der Waals surface area contributed by atoms with Crippen molar-refractivity contribution in [1.29, 1.82) is 0 Å². The number of carbonyl (C=O) groups is 1. The van der Waals surface area contributed by atoms with Crippen LogP contribution in [-0.2, 0) is 4.79 Å². The fourth-order valence-corrected chi connectivity index (χ4v) is 1.33. The first-order chi connectivity index (χ1) is 8.25. The largest absolute Gasteiger partial charge is 0.497 e. The van der Waals surface area contributed by atoms with E-state index in [4.69, 9.17) is 10.5 Å². The smallest absolute Gasteiger partial charge is 0.241 e. The highest BCUT2D eigenvalue weighted by atomic mass is 35.5. The molecular weight excluding hydrogens is 271 g/mol. The summed E-state index contributed by atoms with van der Waals surface area (Å²) in [5, 5.41) is 2.47. The number of nitrogens with one attached hydrogen (secondary N) is 1. The minimum atomic E-state index is -0.719. The summed E-state index contributed by atoms with van der Waals surface area (Å²) in [7, 11) is 1.47. The van der Waals surface area contributed by atoms with Crippen LogP contribution in [0.1, 0.15) is 20.8 Å². The molecule has 1 rings (SSSR count). The third kappa shape index (κ3) is 4.69. The predicted molar refractivity (Wildman–Crippen MR) is 76.3 cm³/mol. The Hall–Kier alpha value is -1.33. The van der Waals surface area contributed by atoms with Gasteiger partial charge in [0.15, 0.2) is 0 Å². The van der Waals surface area contributed by atoms with Crippen molar-refractivity contribution in [3.05, 3.63) is 24.0 Å². The van der Waals surface area contributed by atoms with Crippen molar-refractivity contribution in [3.8, 4) is 5.75 Å². The third-order valence-electron chi connectivity index (χ3n) is 2.65. The molecule has 0 saturated heterocycles. The molecule has 0 radical (unpaired) electrons. The Balaban J connectivity index is 0.00000324. The van der Waals surface area contributed by atoms with Gasteiger partial charge in [-0.2, -0.15) is 0 Å². The summed E-state index contributed by atoms with van der Waals surface area (Å²) in [5.74, 6) is -0.476. The van der Waals surface area contributed by atoms with Crippen LogP contribution in [-0.4, -0.2) is 19.1 Å². The van der Waals surface area contributed by atoms with Crippen LogP contribution < -0.4 is 15.8 Å². The Bertz CT molecular complexity index is 447. The molecule has 0 aliphatic heterocycles. The quantitative estimate of drug-likeness (QED) is 0.899. The molecule has 0 aliphatic rings. The highest BCUT2D eigenvalue weighted by Gasteiger charge is 2.27. The number of rotatable bonds is 3. The van der Waals surface area contributed by atoms with Gasteiger partial charge in [0.05, 0.1) is 18.8 Å². The molecule has 4 nitrogen and oxygen atoms in total. The van der Waals surface area contributed by atoms with Crippen LogP contribution in [0.3, 0.4) is 0 Å². The molecule has 1 aromatic carbocycles. The van der Waals surface area contributed by atoms with Crippen molar-refractivity contribution in [2.75, 3.05) is 12.4 Å².